The van der Waals surface area contributed by atoms with Gasteiger partial charge in [0.2, 0.25) is 0 Å². The Morgan fingerprint density at radius 2 is 2.00 bits per heavy atom. The lowest BCUT2D eigenvalue weighted by atomic mass is 10.1. The van der Waals surface area contributed by atoms with Crippen molar-refractivity contribution >= 4 is 11.7 Å². The van der Waals surface area contributed by atoms with Crippen molar-refractivity contribution < 1.29 is 14.3 Å². The molecule has 0 bridgehead atoms. The number of nitrogens with one attached hydrogen (secondary N) is 1. The molecule has 0 atom stereocenters. The van der Waals surface area contributed by atoms with Crippen LogP contribution in [0.5, 0.6) is 5.75 Å². The molecule has 0 aromatic heterocycles. The number of methoxy groups -OCH3 is 1. The average molecular weight is 339 g/mol. The fourth-order valence-electron chi connectivity index (χ4n) is 2.21. The number of carbonyl (C=O) groups excluding carboxylic acids is 1. The second kappa shape index (κ2) is 9.30. The smallest absolute Gasteiger partial charge is 0.321 e. The molecule has 2 aromatic carbocycles. The third-order valence-electron chi connectivity index (χ3n) is 3.46. The number of ether oxygens (including phenoxy) is 2. The van der Waals surface area contributed by atoms with E-state index in [0.717, 1.165) is 5.56 Å². The maximum atomic E-state index is 12.3. The van der Waals surface area contributed by atoms with Gasteiger partial charge in [-0.3, -0.25) is 0 Å². The van der Waals surface area contributed by atoms with Crippen molar-refractivity contribution in [1.29, 1.82) is 5.26 Å². The molecule has 0 aliphatic heterocycles. The lowest BCUT2D eigenvalue weighted by Gasteiger charge is -2.18. The Labute approximate surface area is 147 Å². The Morgan fingerprint density at radius 3 is 2.76 bits per heavy atom. The summed E-state index contributed by atoms with van der Waals surface area (Å²) in [5, 5.41) is 11.8. The molecule has 0 saturated carbocycles. The van der Waals surface area contributed by atoms with Crippen molar-refractivity contribution in [2.24, 2.45) is 0 Å². The highest BCUT2D eigenvalue weighted by atomic mass is 16.5. The predicted molar refractivity (Wildman–Crippen MR) is 95.5 cm³/mol. The van der Waals surface area contributed by atoms with Gasteiger partial charge in [-0.05, 0) is 29.8 Å². The van der Waals surface area contributed by atoms with Gasteiger partial charge in [-0.15, -0.1) is 0 Å². The molecule has 0 aliphatic carbocycles. The maximum Gasteiger partial charge on any atom is 0.321 e. The van der Waals surface area contributed by atoms with Crippen LogP contribution >= 0.6 is 0 Å². The van der Waals surface area contributed by atoms with E-state index in [-0.39, 0.29) is 6.03 Å². The molecule has 1 N–H and O–H groups in total. The number of urea groups is 1. The summed E-state index contributed by atoms with van der Waals surface area (Å²) in [5.41, 5.74) is 2.12. The highest BCUT2D eigenvalue weighted by molar-refractivity contribution is 5.89. The summed E-state index contributed by atoms with van der Waals surface area (Å²) in [4.78, 5) is 13.9. The summed E-state index contributed by atoms with van der Waals surface area (Å²) < 4.78 is 10.5. The SMILES string of the molecule is COCCOc1cccc(NC(=O)N(C)Cc2cccc(C#N)c2)c1. The molecule has 0 unspecified atom stereocenters. The zero-order valence-corrected chi connectivity index (χ0v) is 14.4. The van der Waals surface area contributed by atoms with Gasteiger partial charge in [0, 0.05) is 32.5 Å². The molecule has 0 radical (unpaired) electrons. The maximum absolute atomic E-state index is 12.3. The zero-order valence-electron chi connectivity index (χ0n) is 14.4. The van der Waals surface area contributed by atoms with Crippen LogP contribution in [0.15, 0.2) is 48.5 Å². The topological polar surface area (TPSA) is 74.6 Å². The van der Waals surface area contributed by atoms with E-state index in [1.165, 1.54) is 0 Å². The van der Waals surface area contributed by atoms with Crippen molar-refractivity contribution in [2.75, 3.05) is 32.7 Å². The first kappa shape index (κ1) is 18.3. The molecular weight excluding hydrogens is 318 g/mol. The number of carbonyl (C=O) groups is 1. The summed E-state index contributed by atoms with van der Waals surface area (Å²) >= 11 is 0. The van der Waals surface area contributed by atoms with E-state index >= 15 is 0 Å². The van der Waals surface area contributed by atoms with Crippen LogP contribution in [0.25, 0.3) is 0 Å². The van der Waals surface area contributed by atoms with Gasteiger partial charge in [0.15, 0.2) is 0 Å². The van der Waals surface area contributed by atoms with Crippen LogP contribution in [0.2, 0.25) is 0 Å². The quantitative estimate of drug-likeness (QED) is 0.786. The van der Waals surface area contributed by atoms with Gasteiger partial charge in [0.1, 0.15) is 12.4 Å². The van der Waals surface area contributed by atoms with Crippen molar-refractivity contribution in [3.05, 3.63) is 59.7 Å². The molecule has 0 saturated heterocycles. The molecule has 2 aromatic rings. The molecule has 0 spiro atoms. The molecule has 6 nitrogen and oxygen atoms in total. The third-order valence-corrected chi connectivity index (χ3v) is 3.46. The Balaban J connectivity index is 1.94. The number of nitrogens with zero attached hydrogens (tertiary/aromatic N) is 2. The van der Waals surface area contributed by atoms with E-state index < -0.39 is 0 Å². The van der Waals surface area contributed by atoms with Crippen LogP contribution < -0.4 is 10.1 Å². The van der Waals surface area contributed by atoms with Gasteiger partial charge >= 0.3 is 6.03 Å². The normalized spacial score (nSPS) is 9.96. The molecule has 6 heteroatoms. The first-order valence-corrected chi connectivity index (χ1v) is 7.85. The molecule has 25 heavy (non-hydrogen) atoms. The number of hydrogen-bond acceptors (Lipinski definition) is 4. The summed E-state index contributed by atoms with van der Waals surface area (Å²) in [6, 6.07) is 16.2. The molecule has 0 aliphatic rings. The van der Waals surface area contributed by atoms with E-state index in [9.17, 15) is 4.79 Å². The standard InChI is InChI=1S/C19H21N3O3/c1-22(14-16-6-3-5-15(11-16)13-20)19(23)21-17-7-4-8-18(12-17)25-10-9-24-2/h3-8,11-12H,9-10,14H2,1-2H3,(H,21,23). The molecule has 0 heterocycles. The number of hydrogen-bond donors (Lipinski definition) is 1. The van der Waals surface area contributed by atoms with Gasteiger partial charge in [-0.25, -0.2) is 4.79 Å². The van der Waals surface area contributed by atoms with Crippen LogP contribution in [0.4, 0.5) is 10.5 Å². The zero-order chi connectivity index (χ0) is 18.1. The van der Waals surface area contributed by atoms with Crippen molar-refractivity contribution in [2.45, 2.75) is 6.54 Å². The molecule has 130 valence electrons. The minimum absolute atomic E-state index is 0.239. The fraction of sp³-hybridized carbons (Fsp3) is 0.263. The van der Waals surface area contributed by atoms with Crippen molar-refractivity contribution in [3.63, 3.8) is 0 Å². The van der Waals surface area contributed by atoms with Crippen LogP contribution in [0, 0.1) is 11.3 Å². The summed E-state index contributed by atoms with van der Waals surface area (Å²) in [6.07, 6.45) is 0. The Hall–Kier alpha value is -3.04. The molecule has 0 fully saturated rings. The first-order chi connectivity index (χ1) is 12.1. The van der Waals surface area contributed by atoms with Crippen molar-refractivity contribution in [3.8, 4) is 11.8 Å². The Morgan fingerprint density at radius 1 is 1.20 bits per heavy atom. The lowest BCUT2D eigenvalue weighted by Crippen LogP contribution is -2.30. The summed E-state index contributed by atoms with van der Waals surface area (Å²) in [6.45, 7) is 1.36. The van der Waals surface area contributed by atoms with E-state index in [2.05, 4.69) is 11.4 Å². The first-order valence-electron chi connectivity index (χ1n) is 7.85. The number of amides is 2. The van der Waals surface area contributed by atoms with Gasteiger partial charge in [0.25, 0.3) is 0 Å². The molecule has 2 amide bonds. The predicted octanol–water partition coefficient (Wildman–Crippen LogP) is 3.25. The summed E-state index contributed by atoms with van der Waals surface area (Å²) in [7, 11) is 3.31. The van der Waals surface area contributed by atoms with Gasteiger partial charge in [0.05, 0.1) is 18.2 Å². The number of nitriles is 1. The third kappa shape index (κ3) is 5.83. The van der Waals surface area contributed by atoms with Gasteiger partial charge in [-0.2, -0.15) is 5.26 Å². The van der Waals surface area contributed by atoms with Crippen LogP contribution in [0.3, 0.4) is 0 Å². The number of rotatable bonds is 7. The highest BCUT2D eigenvalue weighted by Gasteiger charge is 2.10. The van der Waals surface area contributed by atoms with Crippen molar-refractivity contribution in [1.82, 2.24) is 4.90 Å². The molecule has 2 rings (SSSR count). The largest absolute Gasteiger partial charge is 0.491 e. The highest BCUT2D eigenvalue weighted by Crippen LogP contribution is 2.18. The van der Waals surface area contributed by atoms with E-state index in [1.807, 2.05) is 18.2 Å². The Bertz CT molecular complexity index is 756. The van der Waals surface area contributed by atoms with E-state index in [0.29, 0.717) is 36.8 Å². The molecular formula is C19H21N3O3. The Kier molecular flexibility index (Phi) is 6.81. The number of anilines is 1. The lowest BCUT2D eigenvalue weighted by molar-refractivity contribution is 0.146. The number of benzene rings is 2. The minimum Gasteiger partial charge on any atom is -0.491 e. The summed E-state index contributed by atoms with van der Waals surface area (Å²) in [5.74, 6) is 0.666. The monoisotopic (exact) mass is 339 g/mol. The second-order valence-corrected chi connectivity index (χ2v) is 5.47. The van der Waals surface area contributed by atoms with Gasteiger partial charge < -0.3 is 19.7 Å². The van der Waals surface area contributed by atoms with E-state index in [1.54, 1.807) is 49.4 Å². The van der Waals surface area contributed by atoms with Crippen LogP contribution in [-0.2, 0) is 11.3 Å². The average Bonchev–Trinajstić information content (AvgIpc) is 2.62. The minimum atomic E-state index is -0.239. The van der Waals surface area contributed by atoms with E-state index in [4.69, 9.17) is 14.7 Å². The fourth-order valence-corrected chi connectivity index (χ4v) is 2.21. The van der Waals surface area contributed by atoms with Crippen LogP contribution in [-0.4, -0.2) is 38.3 Å². The second-order valence-electron chi connectivity index (χ2n) is 5.47. The van der Waals surface area contributed by atoms with Crippen LogP contribution in [0.1, 0.15) is 11.1 Å². The van der Waals surface area contributed by atoms with Gasteiger partial charge in [-0.1, -0.05) is 18.2 Å².